The first-order valence-corrected chi connectivity index (χ1v) is 4.45. The molecule has 0 aliphatic carbocycles. The molecule has 0 aromatic heterocycles. The lowest BCUT2D eigenvalue weighted by Gasteiger charge is -2.16. The van der Waals surface area contributed by atoms with Gasteiger partial charge in [0.05, 0.1) is 10.7 Å². The van der Waals surface area contributed by atoms with Crippen molar-refractivity contribution in [2.45, 2.75) is 13.2 Å². The molecule has 1 radical (unpaired) electrons. The van der Waals surface area contributed by atoms with Crippen molar-refractivity contribution in [3.8, 4) is 0 Å². The van der Waals surface area contributed by atoms with E-state index in [4.69, 9.17) is 16.4 Å². The Morgan fingerprint density at radius 2 is 2.23 bits per heavy atom. The molecule has 0 saturated carbocycles. The minimum atomic E-state index is -0.00345. The van der Waals surface area contributed by atoms with Crippen LogP contribution in [0.5, 0.6) is 0 Å². The zero-order chi connectivity index (χ0) is 9.26. The lowest BCUT2D eigenvalue weighted by molar-refractivity contribution is 0.0941. The molecule has 3 nitrogen and oxygen atoms in total. The number of halogens is 1. The number of para-hydroxylation sites is 1. The Morgan fingerprint density at radius 1 is 1.46 bits per heavy atom. The van der Waals surface area contributed by atoms with Gasteiger partial charge in [0.1, 0.15) is 12.9 Å². The molecule has 0 spiro atoms. The molecular formula is C9H10ClN2O. The molecule has 1 aliphatic heterocycles. The van der Waals surface area contributed by atoms with E-state index >= 15 is 0 Å². The van der Waals surface area contributed by atoms with Gasteiger partial charge in [0.2, 0.25) is 0 Å². The Labute approximate surface area is 82.2 Å². The smallest absolute Gasteiger partial charge is 0.145 e. The quantitative estimate of drug-likeness (QED) is 0.747. The number of nitrogens with zero attached hydrogens (tertiary/aromatic N) is 1. The third-order valence-electron chi connectivity index (χ3n) is 1.79. The molecule has 1 aromatic carbocycles. The Balaban J connectivity index is 2.21. The predicted molar refractivity (Wildman–Crippen MR) is 51.9 cm³/mol. The van der Waals surface area contributed by atoms with Gasteiger partial charge in [-0.15, -0.1) is 0 Å². The molecule has 69 valence electrons. The Morgan fingerprint density at radius 3 is 2.85 bits per heavy atom. The van der Waals surface area contributed by atoms with Crippen LogP contribution in [-0.4, -0.2) is 6.23 Å². The molecule has 1 saturated heterocycles. The van der Waals surface area contributed by atoms with Crippen molar-refractivity contribution in [2.24, 2.45) is 0 Å². The number of benzene rings is 1. The fourth-order valence-electron chi connectivity index (χ4n) is 1.16. The first kappa shape index (κ1) is 8.81. The van der Waals surface area contributed by atoms with Crippen LogP contribution in [0.2, 0.25) is 5.02 Å². The third-order valence-corrected chi connectivity index (χ3v) is 2.11. The van der Waals surface area contributed by atoms with Crippen LogP contribution in [0.1, 0.15) is 6.92 Å². The van der Waals surface area contributed by atoms with Crippen molar-refractivity contribution in [3.63, 3.8) is 0 Å². The summed E-state index contributed by atoms with van der Waals surface area (Å²) in [6, 6.07) is 7.54. The van der Waals surface area contributed by atoms with E-state index < -0.39 is 0 Å². The van der Waals surface area contributed by atoms with Crippen molar-refractivity contribution in [3.05, 3.63) is 36.0 Å². The summed E-state index contributed by atoms with van der Waals surface area (Å²) < 4.78 is 0. The maximum atomic E-state index is 5.98. The second-order valence-corrected chi connectivity index (χ2v) is 3.23. The van der Waals surface area contributed by atoms with Crippen LogP contribution in [0.15, 0.2) is 24.3 Å². The number of anilines is 1. The minimum absolute atomic E-state index is 0.00345. The molecule has 1 heterocycles. The van der Waals surface area contributed by atoms with Crippen LogP contribution >= 0.6 is 11.6 Å². The van der Waals surface area contributed by atoms with Crippen LogP contribution in [-0.2, 0) is 4.84 Å². The van der Waals surface area contributed by atoms with E-state index in [2.05, 4.69) is 5.32 Å². The highest BCUT2D eigenvalue weighted by Gasteiger charge is 2.21. The van der Waals surface area contributed by atoms with E-state index in [9.17, 15) is 0 Å². The second-order valence-electron chi connectivity index (χ2n) is 2.82. The number of hydrogen-bond acceptors (Lipinski definition) is 3. The lowest BCUT2D eigenvalue weighted by atomic mass is 10.3. The molecule has 0 amide bonds. The van der Waals surface area contributed by atoms with Gasteiger partial charge < -0.3 is 0 Å². The first-order chi connectivity index (χ1) is 6.27. The Hall–Kier alpha value is -0.770. The molecule has 13 heavy (non-hydrogen) atoms. The summed E-state index contributed by atoms with van der Waals surface area (Å²) in [7, 11) is 0. The Kier molecular flexibility index (Phi) is 2.40. The first-order valence-electron chi connectivity index (χ1n) is 4.07. The molecule has 2 rings (SSSR count). The van der Waals surface area contributed by atoms with Gasteiger partial charge in [0, 0.05) is 0 Å². The van der Waals surface area contributed by atoms with Gasteiger partial charge in [-0.3, -0.25) is 10.2 Å². The standard InChI is InChI=1S/C9H10ClN2O/c1-7-11-6-12(13-7)9-5-3-2-4-8(9)10/h2-7,11H,1H3. The molecule has 1 fully saturated rings. The van der Waals surface area contributed by atoms with E-state index in [-0.39, 0.29) is 6.23 Å². The van der Waals surface area contributed by atoms with E-state index in [0.717, 1.165) is 5.69 Å². The summed E-state index contributed by atoms with van der Waals surface area (Å²) in [6.45, 7) is 3.68. The van der Waals surface area contributed by atoms with Gasteiger partial charge in [-0.25, -0.2) is 5.06 Å². The second kappa shape index (κ2) is 3.54. The van der Waals surface area contributed by atoms with Gasteiger partial charge >= 0.3 is 0 Å². The SMILES string of the molecule is CC1N[CH]N(c2ccccc2Cl)O1. The molecule has 4 heteroatoms. The van der Waals surface area contributed by atoms with Crippen molar-refractivity contribution >= 4 is 17.3 Å². The van der Waals surface area contributed by atoms with Crippen molar-refractivity contribution in [1.82, 2.24) is 5.32 Å². The van der Waals surface area contributed by atoms with Crippen molar-refractivity contribution in [1.29, 1.82) is 0 Å². The summed E-state index contributed by atoms with van der Waals surface area (Å²) >= 11 is 5.98. The van der Waals surface area contributed by atoms with Crippen molar-refractivity contribution < 1.29 is 4.84 Å². The number of hydrogen-bond donors (Lipinski definition) is 1. The molecule has 1 atom stereocenters. The zero-order valence-corrected chi connectivity index (χ0v) is 7.95. The van der Waals surface area contributed by atoms with E-state index in [0.29, 0.717) is 5.02 Å². The maximum absolute atomic E-state index is 5.98. The van der Waals surface area contributed by atoms with E-state index in [1.54, 1.807) is 11.7 Å². The van der Waals surface area contributed by atoms with Crippen LogP contribution < -0.4 is 10.4 Å². The molecule has 0 bridgehead atoms. The van der Waals surface area contributed by atoms with Gasteiger partial charge in [0.25, 0.3) is 0 Å². The molecule has 1 unspecified atom stereocenters. The highest BCUT2D eigenvalue weighted by Crippen LogP contribution is 2.27. The average Bonchev–Trinajstić information content (AvgIpc) is 2.53. The summed E-state index contributed by atoms with van der Waals surface area (Å²) in [4.78, 5) is 5.41. The van der Waals surface area contributed by atoms with E-state index in [1.165, 1.54) is 0 Å². The number of nitrogens with one attached hydrogen (secondary N) is 1. The van der Waals surface area contributed by atoms with Gasteiger partial charge in [0.15, 0.2) is 0 Å². The fourth-order valence-corrected chi connectivity index (χ4v) is 1.38. The Bertz CT molecular complexity index is 305. The van der Waals surface area contributed by atoms with Crippen LogP contribution in [0.4, 0.5) is 5.69 Å². The van der Waals surface area contributed by atoms with Crippen LogP contribution in [0.3, 0.4) is 0 Å². The number of rotatable bonds is 1. The highest BCUT2D eigenvalue weighted by atomic mass is 35.5. The number of hydroxylamine groups is 1. The van der Waals surface area contributed by atoms with Crippen molar-refractivity contribution in [2.75, 3.05) is 5.06 Å². The highest BCUT2D eigenvalue weighted by molar-refractivity contribution is 6.33. The summed E-state index contributed by atoms with van der Waals surface area (Å²) in [5, 5.41) is 5.32. The molecule has 1 N–H and O–H groups in total. The fraction of sp³-hybridized carbons (Fsp3) is 0.222. The average molecular weight is 198 g/mol. The molecule has 1 aromatic rings. The monoisotopic (exact) mass is 197 g/mol. The van der Waals surface area contributed by atoms with E-state index in [1.807, 2.05) is 31.2 Å². The largest absolute Gasteiger partial charge is 0.265 e. The predicted octanol–water partition coefficient (Wildman–Crippen LogP) is 2.15. The van der Waals surface area contributed by atoms with Crippen LogP contribution in [0.25, 0.3) is 0 Å². The molecule has 1 aliphatic rings. The van der Waals surface area contributed by atoms with Crippen LogP contribution in [0, 0.1) is 6.67 Å². The third kappa shape index (κ3) is 1.77. The minimum Gasteiger partial charge on any atom is -0.265 e. The maximum Gasteiger partial charge on any atom is 0.145 e. The van der Waals surface area contributed by atoms with Gasteiger partial charge in [-0.2, -0.15) is 0 Å². The van der Waals surface area contributed by atoms with Gasteiger partial charge in [-0.05, 0) is 19.1 Å². The molecular weight excluding hydrogens is 188 g/mol. The summed E-state index contributed by atoms with van der Waals surface area (Å²) in [5.41, 5.74) is 0.848. The topological polar surface area (TPSA) is 24.5 Å². The summed E-state index contributed by atoms with van der Waals surface area (Å²) in [6.07, 6.45) is -0.00345. The van der Waals surface area contributed by atoms with Gasteiger partial charge in [-0.1, -0.05) is 23.7 Å². The normalized spacial score (nSPS) is 22.3. The lowest BCUT2D eigenvalue weighted by Crippen LogP contribution is -2.15. The zero-order valence-electron chi connectivity index (χ0n) is 7.20. The summed E-state index contributed by atoms with van der Waals surface area (Å²) in [5.74, 6) is 0.